The SMILES string of the molecule is [Ir].[c-]1c(-c2ccccn2)cc(C2CCCCC2)c2c1c1cccc3c4ccccc4n2c13.[c-]1ccccc1-c1ccccn1. The number of fused-ring (bicyclic) bond motifs is 6. The van der Waals surface area contributed by atoms with E-state index in [0.717, 1.165) is 22.5 Å². The zero-order valence-electron chi connectivity index (χ0n) is 24.3. The molecule has 0 N–H and O–H groups in total. The predicted octanol–water partition coefficient (Wildman–Crippen LogP) is 10.3. The third kappa shape index (κ3) is 4.99. The van der Waals surface area contributed by atoms with Gasteiger partial charge in [0.15, 0.2) is 0 Å². The monoisotopic (exact) mass is 746 g/mol. The minimum atomic E-state index is 0. The summed E-state index contributed by atoms with van der Waals surface area (Å²) in [7, 11) is 0. The summed E-state index contributed by atoms with van der Waals surface area (Å²) in [5, 5.41) is 5.23. The summed E-state index contributed by atoms with van der Waals surface area (Å²) in [6.45, 7) is 0. The van der Waals surface area contributed by atoms with E-state index >= 15 is 0 Å². The molecular weight excluding hydrogens is 715 g/mol. The number of hydrogen-bond donors (Lipinski definition) is 0. The first-order valence-corrected chi connectivity index (χ1v) is 15.3. The van der Waals surface area contributed by atoms with Crippen molar-refractivity contribution in [3.05, 3.63) is 139 Å². The zero-order chi connectivity index (χ0) is 28.6. The van der Waals surface area contributed by atoms with Crippen molar-refractivity contribution in [1.82, 2.24) is 14.4 Å². The van der Waals surface area contributed by atoms with Crippen molar-refractivity contribution in [2.24, 2.45) is 0 Å². The Morgan fingerprint density at radius 3 is 2.02 bits per heavy atom. The molecular formula is C40H31IrN3-2. The third-order valence-corrected chi connectivity index (χ3v) is 8.89. The molecule has 0 bridgehead atoms. The van der Waals surface area contributed by atoms with E-state index in [-0.39, 0.29) is 20.1 Å². The van der Waals surface area contributed by atoms with Crippen LogP contribution >= 0.6 is 0 Å². The molecule has 1 saturated carbocycles. The molecule has 1 aliphatic rings. The molecule has 1 aliphatic carbocycles. The summed E-state index contributed by atoms with van der Waals surface area (Å²) in [6, 6.07) is 44.7. The molecule has 1 radical (unpaired) electrons. The van der Waals surface area contributed by atoms with Crippen LogP contribution in [0.1, 0.15) is 43.6 Å². The quantitative estimate of drug-likeness (QED) is 0.169. The second-order valence-electron chi connectivity index (χ2n) is 11.5. The van der Waals surface area contributed by atoms with Gasteiger partial charge in [-0.25, -0.2) is 0 Å². The van der Waals surface area contributed by atoms with Crippen molar-refractivity contribution < 1.29 is 20.1 Å². The Bertz CT molecular complexity index is 2110. The van der Waals surface area contributed by atoms with Crippen molar-refractivity contribution in [2.75, 3.05) is 0 Å². The second-order valence-corrected chi connectivity index (χ2v) is 11.5. The summed E-state index contributed by atoms with van der Waals surface area (Å²) in [5.41, 5.74) is 9.62. The molecule has 0 spiro atoms. The average Bonchev–Trinajstić information content (AvgIpc) is 3.62. The summed E-state index contributed by atoms with van der Waals surface area (Å²) < 4.78 is 2.53. The Morgan fingerprint density at radius 2 is 1.30 bits per heavy atom. The third-order valence-electron chi connectivity index (χ3n) is 8.89. The van der Waals surface area contributed by atoms with Crippen LogP contribution in [0, 0.1) is 12.1 Å². The van der Waals surface area contributed by atoms with E-state index in [1.807, 2.05) is 54.7 Å². The molecule has 0 amide bonds. The summed E-state index contributed by atoms with van der Waals surface area (Å²) in [4.78, 5) is 8.88. The fourth-order valence-corrected chi connectivity index (χ4v) is 6.95. The smallest absolute Gasteiger partial charge is 0.0464 e. The largest absolute Gasteiger partial charge is 0.348 e. The molecule has 0 aliphatic heterocycles. The van der Waals surface area contributed by atoms with Crippen molar-refractivity contribution in [3.63, 3.8) is 0 Å². The molecule has 0 atom stereocenters. The fraction of sp³-hybridized carbons (Fsp3) is 0.150. The minimum Gasteiger partial charge on any atom is -0.348 e. The van der Waals surface area contributed by atoms with Crippen LogP contribution < -0.4 is 0 Å². The summed E-state index contributed by atoms with van der Waals surface area (Å²) >= 11 is 0. The van der Waals surface area contributed by atoms with Gasteiger partial charge in [0.25, 0.3) is 0 Å². The zero-order valence-corrected chi connectivity index (χ0v) is 26.7. The van der Waals surface area contributed by atoms with E-state index in [2.05, 4.69) is 87.2 Å². The first-order chi connectivity index (χ1) is 21.4. The predicted molar refractivity (Wildman–Crippen MR) is 178 cm³/mol. The van der Waals surface area contributed by atoms with Gasteiger partial charge in [-0.05, 0) is 48.2 Å². The molecule has 4 aromatic carbocycles. The topological polar surface area (TPSA) is 30.2 Å². The number of rotatable bonds is 3. The molecule has 9 rings (SSSR count). The van der Waals surface area contributed by atoms with Gasteiger partial charge in [0.2, 0.25) is 0 Å². The van der Waals surface area contributed by atoms with E-state index in [4.69, 9.17) is 0 Å². The molecule has 4 heterocycles. The normalized spacial score (nSPS) is 13.6. The Balaban J connectivity index is 0.000000203. The maximum atomic E-state index is 4.66. The van der Waals surface area contributed by atoms with Gasteiger partial charge in [-0.1, -0.05) is 102 Å². The van der Waals surface area contributed by atoms with Crippen molar-refractivity contribution in [2.45, 2.75) is 38.0 Å². The Kier molecular flexibility index (Phi) is 7.95. The number of hydrogen-bond acceptors (Lipinski definition) is 2. The van der Waals surface area contributed by atoms with Crippen LogP contribution in [0.25, 0.3) is 60.6 Å². The number of benzene rings is 4. The van der Waals surface area contributed by atoms with Crippen LogP contribution in [0.5, 0.6) is 0 Å². The Hall–Kier alpha value is -4.37. The molecule has 217 valence electrons. The molecule has 4 aromatic heterocycles. The van der Waals surface area contributed by atoms with E-state index in [1.165, 1.54) is 75.8 Å². The van der Waals surface area contributed by atoms with Gasteiger partial charge in [0, 0.05) is 60.0 Å². The first kappa shape index (κ1) is 28.4. The van der Waals surface area contributed by atoms with E-state index in [9.17, 15) is 0 Å². The first-order valence-electron chi connectivity index (χ1n) is 15.3. The van der Waals surface area contributed by atoms with E-state index < -0.39 is 0 Å². The van der Waals surface area contributed by atoms with Gasteiger partial charge >= 0.3 is 0 Å². The Morgan fingerprint density at radius 1 is 0.614 bits per heavy atom. The van der Waals surface area contributed by atoms with Crippen LogP contribution in [0.4, 0.5) is 0 Å². The van der Waals surface area contributed by atoms with Crippen molar-refractivity contribution in [1.29, 1.82) is 0 Å². The average molecular weight is 746 g/mol. The van der Waals surface area contributed by atoms with Crippen LogP contribution in [-0.2, 0) is 20.1 Å². The number of para-hydroxylation sites is 2. The van der Waals surface area contributed by atoms with Crippen molar-refractivity contribution >= 4 is 38.1 Å². The number of aromatic nitrogens is 3. The van der Waals surface area contributed by atoms with Crippen LogP contribution in [0.3, 0.4) is 0 Å². The standard InChI is InChI=1S/C29H23N2.C11H8N.Ir/c1-2-9-19(10-3-1)24-17-20(26-14-6-7-16-30-26)18-25-23-13-8-12-22-21-11-4-5-15-27(21)31(28(22)23)29(24)25;1-2-6-10(7-3-1)11-8-4-5-9-12-11;/h4-8,11-17,19H,1-3,9-10H2;1-6,8-9H;/q2*-1;. The fourth-order valence-electron chi connectivity index (χ4n) is 6.95. The van der Waals surface area contributed by atoms with Gasteiger partial charge in [-0.3, -0.25) is 4.98 Å². The van der Waals surface area contributed by atoms with Gasteiger partial charge in [-0.2, -0.15) is 0 Å². The van der Waals surface area contributed by atoms with Gasteiger partial charge in [0.05, 0.1) is 0 Å². The maximum absolute atomic E-state index is 4.66. The van der Waals surface area contributed by atoms with Crippen molar-refractivity contribution in [3.8, 4) is 22.5 Å². The molecule has 0 unspecified atom stereocenters. The Labute approximate surface area is 271 Å². The van der Waals surface area contributed by atoms with Gasteiger partial charge < -0.3 is 9.38 Å². The minimum absolute atomic E-state index is 0. The molecule has 3 nitrogen and oxygen atoms in total. The molecule has 44 heavy (non-hydrogen) atoms. The second kappa shape index (κ2) is 12.3. The van der Waals surface area contributed by atoms with E-state index in [0.29, 0.717) is 5.92 Å². The van der Waals surface area contributed by atoms with Crippen LogP contribution in [-0.4, -0.2) is 14.4 Å². The summed E-state index contributed by atoms with van der Waals surface area (Å²) in [6.07, 6.45) is 10.2. The molecule has 0 saturated heterocycles. The van der Waals surface area contributed by atoms with Crippen LogP contribution in [0.15, 0.2) is 122 Å². The molecule has 8 aromatic rings. The van der Waals surface area contributed by atoms with Gasteiger partial charge in [0.1, 0.15) is 0 Å². The molecule has 4 heteroatoms. The van der Waals surface area contributed by atoms with E-state index in [1.54, 1.807) is 6.20 Å². The van der Waals surface area contributed by atoms with Gasteiger partial charge in [-0.15, -0.1) is 48.0 Å². The number of nitrogens with zero attached hydrogens (tertiary/aromatic N) is 3. The van der Waals surface area contributed by atoms with Crippen LogP contribution in [0.2, 0.25) is 0 Å². The molecule has 1 fully saturated rings. The maximum Gasteiger partial charge on any atom is 0.0464 e. The summed E-state index contributed by atoms with van der Waals surface area (Å²) in [5.74, 6) is 0.602. The number of pyridine rings is 2.